The maximum atomic E-state index is 11.7. The lowest BCUT2D eigenvalue weighted by Gasteiger charge is -2.01. The van der Waals surface area contributed by atoms with Gasteiger partial charge in [-0.2, -0.15) is 0 Å². The fourth-order valence-electron chi connectivity index (χ4n) is 1.44. The van der Waals surface area contributed by atoms with Crippen LogP contribution in [0, 0.1) is 0 Å². The number of hydrogen-bond donors (Lipinski definition) is 1. The van der Waals surface area contributed by atoms with Crippen molar-refractivity contribution in [3.05, 3.63) is 63.2 Å². The van der Waals surface area contributed by atoms with Crippen molar-refractivity contribution in [2.24, 2.45) is 0 Å². The molecule has 2 aromatic rings. The van der Waals surface area contributed by atoms with Crippen LogP contribution in [0.15, 0.2) is 42.6 Å². The summed E-state index contributed by atoms with van der Waals surface area (Å²) in [5, 5.41) is 4.11. The Kier molecular flexibility index (Phi) is 5.01. The van der Waals surface area contributed by atoms with Gasteiger partial charge in [-0.15, -0.1) is 0 Å². The Morgan fingerprint density at radius 1 is 1.10 bits per heavy atom. The van der Waals surface area contributed by atoms with Crippen LogP contribution in [-0.4, -0.2) is 10.9 Å². The van der Waals surface area contributed by atoms with E-state index >= 15 is 0 Å². The normalized spacial score (nSPS) is 10.8. The van der Waals surface area contributed by atoms with Crippen molar-refractivity contribution in [2.45, 2.75) is 0 Å². The van der Waals surface area contributed by atoms with Crippen molar-refractivity contribution in [3.63, 3.8) is 0 Å². The third kappa shape index (κ3) is 4.23. The van der Waals surface area contributed by atoms with E-state index in [1.54, 1.807) is 36.4 Å². The number of halogens is 3. The summed E-state index contributed by atoms with van der Waals surface area (Å²) in [5.74, 6) is 0.0557. The molecule has 0 atom stereocenters. The van der Waals surface area contributed by atoms with Crippen LogP contribution in [0.5, 0.6) is 0 Å². The predicted molar refractivity (Wildman–Crippen MR) is 83.4 cm³/mol. The number of nitrogens with zero attached hydrogens (tertiary/aromatic N) is 1. The molecule has 20 heavy (non-hydrogen) atoms. The zero-order chi connectivity index (χ0) is 14.5. The lowest BCUT2D eigenvalue weighted by atomic mass is 10.2. The third-order valence-corrected chi connectivity index (χ3v) is 3.15. The molecule has 0 unspecified atom stereocenters. The smallest absolute Gasteiger partial charge is 0.249 e. The number of pyridine rings is 1. The second kappa shape index (κ2) is 6.75. The number of carbonyl (C=O) groups excluding carboxylic acids is 1. The van der Waals surface area contributed by atoms with E-state index in [1.165, 1.54) is 12.3 Å². The molecule has 0 saturated carbocycles. The molecular formula is C14H9Cl3N2O. The van der Waals surface area contributed by atoms with Crippen molar-refractivity contribution in [1.29, 1.82) is 0 Å². The first-order chi connectivity index (χ1) is 9.54. The number of hydrogen-bond acceptors (Lipinski definition) is 2. The molecule has 0 fully saturated rings. The van der Waals surface area contributed by atoms with Gasteiger partial charge in [0.05, 0.1) is 0 Å². The monoisotopic (exact) mass is 326 g/mol. The van der Waals surface area contributed by atoms with Crippen LogP contribution in [0.4, 0.5) is 5.82 Å². The molecule has 0 radical (unpaired) electrons. The maximum Gasteiger partial charge on any atom is 0.249 e. The number of benzene rings is 1. The maximum absolute atomic E-state index is 11.7. The Morgan fingerprint density at radius 2 is 1.85 bits per heavy atom. The molecule has 1 heterocycles. The number of rotatable bonds is 3. The van der Waals surface area contributed by atoms with E-state index in [2.05, 4.69) is 10.3 Å². The van der Waals surface area contributed by atoms with E-state index < -0.39 is 0 Å². The van der Waals surface area contributed by atoms with Gasteiger partial charge in [-0.1, -0.05) is 40.9 Å². The van der Waals surface area contributed by atoms with Gasteiger partial charge < -0.3 is 5.32 Å². The zero-order valence-corrected chi connectivity index (χ0v) is 12.4. The topological polar surface area (TPSA) is 42.0 Å². The highest BCUT2D eigenvalue weighted by Crippen LogP contribution is 2.22. The molecule has 1 aromatic carbocycles. The largest absolute Gasteiger partial charge is 0.307 e. The van der Waals surface area contributed by atoms with Crippen molar-refractivity contribution < 1.29 is 4.79 Å². The highest BCUT2D eigenvalue weighted by Gasteiger charge is 2.01. The molecule has 0 spiro atoms. The molecule has 3 nitrogen and oxygen atoms in total. The van der Waals surface area contributed by atoms with Crippen molar-refractivity contribution in [3.8, 4) is 0 Å². The third-order valence-electron chi connectivity index (χ3n) is 2.35. The molecule has 0 aliphatic rings. The van der Waals surface area contributed by atoms with Gasteiger partial charge in [0.1, 0.15) is 5.82 Å². The van der Waals surface area contributed by atoms with E-state index in [-0.39, 0.29) is 5.91 Å². The molecule has 0 aliphatic heterocycles. The minimum absolute atomic E-state index is 0.328. The summed E-state index contributed by atoms with van der Waals surface area (Å²) in [7, 11) is 0. The van der Waals surface area contributed by atoms with Crippen LogP contribution < -0.4 is 5.32 Å². The summed E-state index contributed by atoms with van der Waals surface area (Å²) >= 11 is 17.6. The number of aromatic nitrogens is 1. The highest BCUT2D eigenvalue weighted by atomic mass is 35.5. The van der Waals surface area contributed by atoms with E-state index in [4.69, 9.17) is 34.8 Å². The number of carbonyl (C=O) groups is 1. The average molecular weight is 328 g/mol. The van der Waals surface area contributed by atoms with Crippen LogP contribution in [0.25, 0.3) is 6.08 Å². The highest BCUT2D eigenvalue weighted by molar-refractivity contribution is 6.35. The average Bonchev–Trinajstić information content (AvgIpc) is 2.37. The molecule has 0 bridgehead atoms. The summed E-state index contributed by atoms with van der Waals surface area (Å²) < 4.78 is 0. The number of anilines is 1. The molecule has 2 rings (SSSR count). The van der Waals surface area contributed by atoms with Gasteiger partial charge in [0.25, 0.3) is 0 Å². The van der Waals surface area contributed by atoms with Crippen LogP contribution in [0.3, 0.4) is 0 Å². The van der Waals surface area contributed by atoms with Gasteiger partial charge in [0, 0.05) is 27.3 Å². The van der Waals surface area contributed by atoms with E-state index in [0.717, 1.165) is 0 Å². The first-order valence-electron chi connectivity index (χ1n) is 5.60. The molecule has 0 saturated heterocycles. The molecule has 1 aromatic heterocycles. The predicted octanol–water partition coefficient (Wildman–Crippen LogP) is 4.69. The Balaban J connectivity index is 2.06. The van der Waals surface area contributed by atoms with E-state index in [9.17, 15) is 4.79 Å². The summed E-state index contributed by atoms with van der Waals surface area (Å²) in [6.07, 6.45) is 4.47. The lowest BCUT2D eigenvalue weighted by molar-refractivity contribution is -0.111. The summed E-state index contributed by atoms with van der Waals surface area (Å²) in [6.45, 7) is 0. The van der Waals surface area contributed by atoms with Gasteiger partial charge in [-0.3, -0.25) is 4.79 Å². The molecule has 102 valence electrons. The number of amides is 1. The van der Waals surface area contributed by atoms with Gasteiger partial charge in [0.2, 0.25) is 5.91 Å². The Morgan fingerprint density at radius 3 is 2.55 bits per heavy atom. The van der Waals surface area contributed by atoms with Crippen LogP contribution in [0.1, 0.15) is 5.56 Å². The first kappa shape index (κ1) is 14.9. The second-order valence-corrected chi connectivity index (χ2v) is 5.13. The Labute approximate surface area is 131 Å². The lowest BCUT2D eigenvalue weighted by Crippen LogP contribution is -2.08. The molecule has 6 heteroatoms. The summed E-state index contributed by atoms with van der Waals surface area (Å²) in [6, 6.07) is 8.22. The second-order valence-electron chi connectivity index (χ2n) is 3.85. The Hall–Kier alpha value is -1.55. The van der Waals surface area contributed by atoms with Crippen molar-refractivity contribution in [1.82, 2.24) is 4.98 Å². The SMILES string of the molecule is O=C(/C=C/c1ccc(Cl)cc1Cl)Nc1cc(Cl)ccn1. The van der Waals surface area contributed by atoms with Gasteiger partial charge >= 0.3 is 0 Å². The minimum atomic E-state index is -0.328. The van der Waals surface area contributed by atoms with E-state index in [0.29, 0.717) is 26.4 Å². The Bertz CT molecular complexity index is 671. The van der Waals surface area contributed by atoms with Gasteiger partial charge in [-0.25, -0.2) is 4.98 Å². The van der Waals surface area contributed by atoms with Crippen molar-refractivity contribution >= 4 is 52.6 Å². The van der Waals surface area contributed by atoms with Crippen LogP contribution in [-0.2, 0) is 4.79 Å². The van der Waals surface area contributed by atoms with E-state index in [1.807, 2.05) is 0 Å². The molecule has 1 N–H and O–H groups in total. The van der Waals surface area contributed by atoms with Crippen LogP contribution in [0.2, 0.25) is 15.1 Å². The summed E-state index contributed by atoms with van der Waals surface area (Å²) in [4.78, 5) is 15.7. The first-order valence-corrected chi connectivity index (χ1v) is 6.73. The summed E-state index contributed by atoms with van der Waals surface area (Å²) in [5.41, 5.74) is 0.699. The fourth-order valence-corrected chi connectivity index (χ4v) is 2.07. The van der Waals surface area contributed by atoms with Gasteiger partial charge in [0.15, 0.2) is 0 Å². The minimum Gasteiger partial charge on any atom is -0.307 e. The van der Waals surface area contributed by atoms with Gasteiger partial charge in [-0.05, 0) is 35.9 Å². The number of nitrogens with one attached hydrogen (secondary N) is 1. The quantitative estimate of drug-likeness (QED) is 0.831. The van der Waals surface area contributed by atoms with Crippen LogP contribution >= 0.6 is 34.8 Å². The molecular weight excluding hydrogens is 319 g/mol. The molecule has 0 aliphatic carbocycles. The fraction of sp³-hybridized carbons (Fsp3) is 0. The van der Waals surface area contributed by atoms with Crippen molar-refractivity contribution in [2.75, 3.05) is 5.32 Å². The zero-order valence-electron chi connectivity index (χ0n) is 10.1. The standard InChI is InChI=1S/C14H9Cl3N2O/c15-10-3-1-9(12(17)7-10)2-4-14(20)19-13-8-11(16)5-6-18-13/h1-8H,(H,18,19,20)/b4-2+. The molecule has 1 amide bonds.